The number of carbonyl (C=O) groups excluding carboxylic acids is 1. The predicted octanol–water partition coefficient (Wildman–Crippen LogP) is 2.73. The number of fused-ring (bicyclic) bond motifs is 1. The van der Waals surface area contributed by atoms with Gasteiger partial charge in [-0.3, -0.25) is 9.78 Å². The van der Waals surface area contributed by atoms with Crippen LogP contribution < -0.4 is 0 Å². The number of nitrogens with zero attached hydrogens (tertiary/aromatic N) is 4. The van der Waals surface area contributed by atoms with Crippen LogP contribution in [0.4, 0.5) is 0 Å². The molecule has 0 bridgehead atoms. The topological polar surface area (TPSA) is 51.0 Å². The number of rotatable bonds is 3. The van der Waals surface area contributed by atoms with Crippen molar-refractivity contribution >= 4 is 5.91 Å². The summed E-state index contributed by atoms with van der Waals surface area (Å²) in [5.41, 5.74) is 3.71. The van der Waals surface area contributed by atoms with E-state index in [1.54, 1.807) is 12.4 Å². The van der Waals surface area contributed by atoms with E-state index in [9.17, 15) is 4.79 Å². The van der Waals surface area contributed by atoms with Crippen molar-refractivity contribution in [3.8, 4) is 5.69 Å². The van der Waals surface area contributed by atoms with E-state index in [1.807, 2.05) is 46.9 Å². The van der Waals surface area contributed by atoms with Gasteiger partial charge in [-0.15, -0.1) is 0 Å². The van der Waals surface area contributed by atoms with Crippen molar-refractivity contribution in [3.05, 3.63) is 77.6 Å². The van der Waals surface area contributed by atoms with Crippen molar-refractivity contribution in [2.75, 3.05) is 0 Å². The summed E-state index contributed by atoms with van der Waals surface area (Å²) in [4.78, 5) is 23.0. The van der Waals surface area contributed by atoms with Crippen molar-refractivity contribution in [2.45, 2.75) is 20.0 Å². The van der Waals surface area contributed by atoms with E-state index < -0.39 is 0 Å². The summed E-state index contributed by atoms with van der Waals surface area (Å²) >= 11 is 0. The molecule has 3 heterocycles. The molecule has 2 aromatic heterocycles. The minimum atomic E-state index is 0.0465. The van der Waals surface area contributed by atoms with Crippen molar-refractivity contribution < 1.29 is 4.79 Å². The quantitative estimate of drug-likeness (QED) is 0.747. The second kappa shape index (κ2) is 5.35. The maximum Gasteiger partial charge on any atom is 0.256 e. The first-order chi connectivity index (χ1) is 11.2. The molecular formula is C18H16N4O. The van der Waals surface area contributed by atoms with Crippen LogP contribution in [0.2, 0.25) is 0 Å². The van der Waals surface area contributed by atoms with Crippen molar-refractivity contribution in [1.29, 1.82) is 0 Å². The highest BCUT2D eigenvalue weighted by Gasteiger charge is 2.28. The molecule has 1 aromatic carbocycles. The molecule has 1 amide bonds. The molecule has 0 saturated heterocycles. The molecule has 5 nitrogen and oxygen atoms in total. The van der Waals surface area contributed by atoms with E-state index in [0.717, 1.165) is 22.8 Å². The van der Waals surface area contributed by atoms with Crippen LogP contribution in [0.5, 0.6) is 0 Å². The summed E-state index contributed by atoms with van der Waals surface area (Å²) < 4.78 is 2.04. The van der Waals surface area contributed by atoms with E-state index in [0.29, 0.717) is 18.7 Å². The largest absolute Gasteiger partial charge is 0.328 e. The van der Waals surface area contributed by atoms with Crippen LogP contribution in [0.15, 0.2) is 55.0 Å². The number of hydrogen-bond donors (Lipinski definition) is 0. The number of hydrogen-bond acceptors (Lipinski definition) is 3. The number of aryl methyl sites for hydroxylation is 1. The monoisotopic (exact) mass is 304 g/mol. The molecule has 0 fully saturated rings. The molecule has 0 radical (unpaired) electrons. The number of amides is 1. The van der Waals surface area contributed by atoms with Gasteiger partial charge in [0.1, 0.15) is 5.82 Å². The van der Waals surface area contributed by atoms with Gasteiger partial charge in [-0.2, -0.15) is 0 Å². The summed E-state index contributed by atoms with van der Waals surface area (Å²) in [6.45, 7) is 3.09. The van der Waals surface area contributed by atoms with Crippen LogP contribution in [0.25, 0.3) is 5.69 Å². The Kier molecular flexibility index (Phi) is 3.19. The maximum atomic E-state index is 12.5. The predicted molar refractivity (Wildman–Crippen MR) is 86.1 cm³/mol. The van der Waals surface area contributed by atoms with Gasteiger partial charge in [-0.25, -0.2) is 4.98 Å². The van der Waals surface area contributed by atoms with E-state index in [1.165, 1.54) is 0 Å². The highest BCUT2D eigenvalue weighted by molar-refractivity contribution is 5.97. The van der Waals surface area contributed by atoms with Crippen LogP contribution in [0.3, 0.4) is 0 Å². The second-order valence-corrected chi connectivity index (χ2v) is 5.63. The molecule has 0 N–H and O–H groups in total. The molecule has 5 heteroatoms. The lowest BCUT2D eigenvalue weighted by Crippen LogP contribution is -2.24. The van der Waals surface area contributed by atoms with E-state index in [2.05, 4.69) is 22.1 Å². The van der Waals surface area contributed by atoms with Gasteiger partial charge in [-0.1, -0.05) is 18.2 Å². The fourth-order valence-electron chi connectivity index (χ4n) is 3.03. The zero-order valence-electron chi connectivity index (χ0n) is 12.8. The highest BCUT2D eigenvalue weighted by Crippen LogP contribution is 2.25. The first-order valence-electron chi connectivity index (χ1n) is 7.55. The second-order valence-electron chi connectivity index (χ2n) is 5.63. The van der Waals surface area contributed by atoms with Gasteiger partial charge < -0.3 is 9.47 Å². The summed E-state index contributed by atoms with van der Waals surface area (Å²) in [7, 11) is 0. The molecule has 0 saturated carbocycles. The Hall–Kier alpha value is -2.95. The molecule has 114 valence electrons. The third kappa shape index (κ3) is 2.30. The first-order valence-corrected chi connectivity index (χ1v) is 7.55. The molecule has 4 rings (SSSR count). The Morgan fingerprint density at radius 1 is 1.09 bits per heavy atom. The number of para-hydroxylation sites is 1. The van der Waals surface area contributed by atoms with Crippen LogP contribution in [0, 0.1) is 6.92 Å². The highest BCUT2D eigenvalue weighted by atomic mass is 16.2. The summed E-state index contributed by atoms with van der Waals surface area (Å²) in [6, 6.07) is 11.8. The Morgan fingerprint density at radius 2 is 1.96 bits per heavy atom. The lowest BCUT2D eigenvalue weighted by atomic mass is 10.1. The third-order valence-electron chi connectivity index (χ3n) is 4.19. The fraction of sp³-hybridized carbons (Fsp3) is 0.167. The number of carbonyl (C=O) groups is 1. The van der Waals surface area contributed by atoms with Crippen LogP contribution >= 0.6 is 0 Å². The van der Waals surface area contributed by atoms with E-state index >= 15 is 0 Å². The van der Waals surface area contributed by atoms with Gasteiger partial charge in [0.25, 0.3) is 5.91 Å². The molecular weight excluding hydrogens is 288 g/mol. The number of aromatic nitrogens is 3. The fourth-order valence-corrected chi connectivity index (χ4v) is 3.03. The maximum absolute atomic E-state index is 12.5. The van der Waals surface area contributed by atoms with E-state index in [-0.39, 0.29) is 5.91 Å². The third-order valence-corrected chi connectivity index (χ3v) is 4.19. The molecule has 0 aliphatic carbocycles. The average Bonchev–Trinajstić information content (AvgIpc) is 3.13. The number of pyridine rings is 1. The summed E-state index contributed by atoms with van der Waals surface area (Å²) in [5.74, 6) is 0.973. The van der Waals surface area contributed by atoms with Crippen molar-refractivity contribution in [3.63, 3.8) is 0 Å². The van der Waals surface area contributed by atoms with Gasteiger partial charge in [0, 0.05) is 25.1 Å². The smallest absolute Gasteiger partial charge is 0.256 e. The molecule has 0 atom stereocenters. The number of benzene rings is 1. The van der Waals surface area contributed by atoms with Gasteiger partial charge in [0.05, 0.1) is 23.5 Å². The Bertz CT molecular complexity index is 884. The van der Waals surface area contributed by atoms with E-state index in [4.69, 9.17) is 0 Å². The summed E-state index contributed by atoms with van der Waals surface area (Å²) in [6.07, 6.45) is 5.46. The summed E-state index contributed by atoms with van der Waals surface area (Å²) in [5, 5.41) is 0. The van der Waals surface area contributed by atoms with Crippen LogP contribution in [-0.2, 0) is 13.1 Å². The first kappa shape index (κ1) is 13.7. The van der Waals surface area contributed by atoms with Gasteiger partial charge >= 0.3 is 0 Å². The van der Waals surface area contributed by atoms with Crippen LogP contribution in [0.1, 0.15) is 27.4 Å². The minimum absolute atomic E-state index is 0.0465. The number of imidazole rings is 1. The lowest BCUT2D eigenvalue weighted by molar-refractivity contribution is 0.0766. The molecule has 0 unspecified atom stereocenters. The molecule has 1 aliphatic heterocycles. The lowest BCUT2D eigenvalue weighted by Gasteiger charge is -2.18. The normalized spacial score (nSPS) is 13.4. The molecule has 0 spiro atoms. The molecule has 23 heavy (non-hydrogen) atoms. The molecule has 3 aromatic rings. The Balaban J connectivity index is 1.67. The van der Waals surface area contributed by atoms with Gasteiger partial charge in [0.15, 0.2) is 0 Å². The SMILES string of the molecule is Cc1nccn1-c1ccccc1CN1Cc2ncccc2C1=O. The zero-order valence-corrected chi connectivity index (χ0v) is 12.8. The van der Waals surface area contributed by atoms with Crippen LogP contribution in [-0.4, -0.2) is 25.3 Å². The van der Waals surface area contributed by atoms with Gasteiger partial charge in [0.2, 0.25) is 0 Å². The average molecular weight is 304 g/mol. The standard InChI is InChI=1S/C18H16N4O/c1-13-19-9-10-22(13)17-7-3-2-5-14(17)11-21-12-16-15(18(21)23)6-4-8-20-16/h2-10H,11-12H2,1H3. The van der Waals surface area contributed by atoms with Crippen molar-refractivity contribution in [1.82, 2.24) is 19.4 Å². The Morgan fingerprint density at radius 3 is 2.74 bits per heavy atom. The van der Waals surface area contributed by atoms with Gasteiger partial charge in [-0.05, 0) is 30.7 Å². The Labute approximate surface area is 134 Å². The molecule has 1 aliphatic rings. The minimum Gasteiger partial charge on any atom is -0.328 e. The zero-order chi connectivity index (χ0) is 15.8. The van der Waals surface area contributed by atoms with Crippen molar-refractivity contribution in [2.24, 2.45) is 0 Å².